The number of amides is 3. The summed E-state index contributed by atoms with van der Waals surface area (Å²) in [5.41, 5.74) is 1.31. The molecule has 1 aliphatic rings. The molecule has 0 atom stereocenters. The molecule has 144 valence electrons. The molecule has 0 fully saturated rings. The van der Waals surface area contributed by atoms with Crippen molar-refractivity contribution < 1.29 is 14.0 Å². The fourth-order valence-electron chi connectivity index (χ4n) is 3.18. The second kappa shape index (κ2) is 8.24. The van der Waals surface area contributed by atoms with Gasteiger partial charge in [-0.05, 0) is 43.4 Å². The fourth-order valence-corrected chi connectivity index (χ4v) is 5.30. The van der Waals surface area contributed by atoms with Gasteiger partial charge in [0, 0.05) is 10.3 Å². The van der Waals surface area contributed by atoms with E-state index in [1.54, 1.807) is 17.4 Å². The Balaban J connectivity index is 1.40. The number of rotatable bonds is 4. The van der Waals surface area contributed by atoms with Gasteiger partial charge in [-0.25, -0.2) is 19.2 Å². The summed E-state index contributed by atoms with van der Waals surface area (Å²) in [7, 11) is 0. The Kier molecular flexibility index (Phi) is 5.54. The van der Waals surface area contributed by atoms with E-state index in [-0.39, 0.29) is 11.4 Å². The van der Waals surface area contributed by atoms with Crippen LogP contribution in [0.3, 0.4) is 0 Å². The molecular weight excluding hydrogens is 399 g/mol. The lowest BCUT2D eigenvalue weighted by Gasteiger charge is -2.11. The first kappa shape index (κ1) is 18.8. The van der Waals surface area contributed by atoms with E-state index in [9.17, 15) is 14.0 Å². The largest absolute Gasteiger partial charge is 0.325 e. The molecule has 4 rings (SSSR count). The van der Waals surface area contributed by atoms with E-state index in [0.717, 1.165) is 34.5 Å². The normalized spacial score (nSPS) is 13.2. The third-order valence-electron chi connectivity index (χ3n) is 4.43. The number of para-hydroxylation sites is 1. The molecular formula is C19H17FN4O2S2. The van der Waals surface area contributed by atoms with Gasteiger partial charge >= 0.3 is 6.03 Å². The number of imide groups is 1. The standard InChI is InChI=1S/C19H17FN4O2S2/c20-12-6-2-3-7-13(12)23-19(26)24-15(25)9-27-17-16-11-5-1-4-8-14(11)28-18(16)22-10-21-17/h2-3,6-7,10H,1,4-5,8-9H2,(H2,23,24,25,26). The van der Waals surface area contributed by atoms with Gasteiger partial charge in [-0.2, -0.15) is 0 Å². The van der Waals surface area contributed by atoms with Crippen molar-refractivity contribution in [3.8, 4) is 0 Å². The van der Waals surface area contributed by atoms with Crippen LogP contribution in [0.25, 0.3) is 10.2 Å². The number of carbonyl (C=O) groups excluding carboxylic acids is 2. The predicted octanol–water partition coefficient (Wildman–Crippen LogP) is 4.15. The first-order valence-electron chi connectivity index (χ1n) is 8.85. The van der Waals surface area contributed by atoms with Crippen LogP contribution in [0.4, 0.5) is 14.9 Å². The Hall–Kier alpha value is -2.52. The van der Waals surface area contributed by atoms with Crippen molar-refractivity contribution in [3.63, 3.8) is 0 Å². The topological polar surface area (TPSA) is 84.0 Å². The highest BCUT2D eigenvalue weighted by Crippen LogP contribution is 2.39. The van der Waals surface area contributed by atoms with E-state index in [2.05, 4.69) is 20.6 Å². The number of nitrogens with one attached hydrogen (secondary N) is 2. The second-order valence-electron chi connectivity index (χ2n) is 6.34. The summed E-state index contributed by atoms with van der Waals surface area (Å²) >= 11 is 2.97. The van der Waals surface area contributed by atoms with Gasteiger partial charge in [0.1, 0.15) is 22.0 Å². The van der Waals surface area contributed by atoms with Crippen LogP contribution in [-0.2, 0) is 17.6 Å². The molecule has 0 saturated heterocycles. The molecule has 0 bridgehead atoms. The predicted molar refractivity (Wildman–Crippen MR) is 108 cm³/mol. The first-order chi connectivity index (χ1) is 13.6. The highest BCUT2D eigenvalue weighted by molar-refractivity contribution is 8.00. The Labute approximate surface area is 169 Å². The molecule has 0 radical (unpaired) electrons. The number of aromatic nitrogens is 2. The molecule has 1 aromatic carbocycles. The van der Waals surface area contributed by atoms with Crippen molar-refractivity contribution in [3.05, 3.63) is 46.9 Å². The lowest BCUT2D eigenvalue weighted by atomic mass is 9.97. The Morgan fingerprint density at radius 1 is 1.18 bits per heavy atom. The SMILES string of the molecule is O=C(CSc1ncnc2sc3c(c12)CCCC3)NC(=O)Nc1ccccc1F. The Morgan fingerprint density at radius 3 is 2.86 bits per heavy atom. The fraction of sp³-hybridized carbons (Fsp3) is 0.263. The van der Waals surface area contributed by atoms with Crippen LogP contribution >= 0.6 is 23.1 Å². The number of thiophene rings is 1. The third kappa shape index (κ3) is 4.00. The molecule has 2 N–H and O–H groups in total. The molecule has 9 heteroatoms. The van der Waals surface area contributed by atoms with Crippen LogP contribution in [-0.4, -0.2) is 27.7 Å². The molecule has 0 aliphatic heterocycles. The first-order valence-corrected chi connectivity index (χ1v) is 10.7. The summed E-state index contributed by atoms with van der Waals surface area (Å²) < 4.78 is 13.6. The monoisotopic (exact) mass is 416 g/mol. The van der Waals surface area contributed by atoms with Gasteiger partial charge in [0.2, 0.25) is 5.91 Å². The van der Waals surface area contributed by atoms with E-state index in [0.29, 0.717) is 0 Å². The maximum atomic E-state index is 13.6. The molecule has 6 nitrogen and oxygen atoms in total. The molecule has 2 heterocycles. The Morgan fingerprint density at radius 2 is 2.00 bits per heavy atom. The van der Waals surface area contributed by atoms with Crippen LogP contribution in [0.15, 0.2) is 35.6 Å². The number of nitrogens with zero attached hydrogens (tertiary/aromatic N) is 2. The molecule has 1 aliphatic carbocycles. The highest BCUT2D eigenvalue weighted by atomic mass is 32.2. The smallest absolute Gasteiger partial charge is 0.305 e. The van der Waals surface area contributed by atoms with E-state index in [4.69, 9.17) is 0 Å². The van der Waals surface area contributed by atoms with Crippen LogP contribution in [0.5, 0.6) is 0 Å². The minimum atomic E-state index is -0.767. The average molecular weight is 417 g/mol. The molecule has 3 aromatic rings. The molecule has 28 heavy (non-hydrogen) atoms. The lowest BCUT2D eigenvalue weighted by molar-refractivity contribution is -0.117. The van der Waals surface area contributed by atoms with E-state index in [1.165, 1.54) is 53.1 Å². The summed E-state index contributed by atoms with van der Waals surface area (Å²) in [5.74, 6) is -1.01. The van der Waals surface area contributed by atoms with Crippen molar-refractivity contribution in [1.82, 2.24) is 15.3 Å². The minimum Gasteiger partial charge on any atom is -0.305 e. The summed E-state index contributed by atoms with van der Waals surface area (Å²) in [6.07, 6.45) is 5.92. The quantitative estimate of drug-likeness (QED) is 0.493. The minimum absolute atomic E-state index is 0.0165. The highest BCUT2D eigenvalue weighted by Gasteiger charge is 2.20. The van der Waals surface area contributed by atoms with Crippen molar-refractivity contribution in [2.75, 3.05) is 11.1 Å². The number of hydrogen-bond acceptors (Lipinski definition) is 6. The van der Waals surface area contributed by atoms with E-state index < -0.39 is 17.8 Å². The average Bonchev–Trinajstić information content (AvgIpc) is 3.07. The maximum absolute atomic E-state index is 13.6. The lowest BCUT2D eigenvalue weighted by Crippen LogP contribution is -2.35. The van der Waals surface area contributed by atoms with Gasteiger partial charge in [-0.3, -0.25) is 10.1 Å². The van der Waals surface area contributed by atoms with E-state index >= 15 is 0 Å². The molecule has 0 unspecified atom stereocenters. The maximum Gasteiger partial charge on any atom is 0.325 e. The number of aryl methyl sites for hydroxylation is 2. The molecule has 3 amide bonds. The number of hydrogen-bond donors (Lipinski definition) is 2. The zero-order chi connectivity index (χ0) is 19.5. The number of fused-ring (bicyclic) bond motifs is 3. The van der Waals surface area contributed by atoms with Crippen molar-refractivity contribution >= 4 is 50.9 Å². The number of urea groups is 1. The van der Waals surface area contributed by atoms with Crippen LogP contribution in [0.2, 0.25) is 0 Å². The molecule has 0 saturated carbocycles. The number of carbonyl (C=O) groups is 2. The molecule has 2 aromatic heterocycles. The van der Waals surface area contributed by atoms with Crippen molar-refractivity contribution in [2.24, 2.45) is 0 Å². The van der Waals surface area contributed by atoms with Crippen LogP contribution in [0.1, 0.15) is 23.3 Å². The number of halogens is 1. The van der Waals surface area contributed by atoms with Gasteiger partial charge < -0.3 is 5.32 Å². The van der Waals surface area contributed by atoms with Gasteiger partial charge in [0.15, 0.2) is 0 Å². The molecule has 0 spiro atoms. The van der Waals surface area contributed by atoms with Crippen LogP contribution < -0.4 is 10.6 Å². The second-order valence-corrected chi connectivity index (χ2v) is 8.39. The zero-order valence-corrected chi connectivity index (χ0v) is 16.5. The summed E-state index contributed by atoms with van der Waals surface area (Å²) in [6.45, 7) is 0. The van der Waals surface area contributed by atoms with Gasteiger partial charge in [0.05, 0.1) is 11.4 Å². The van der Waals surface area contributed by atoms with E-state index in [1.807, 2.05) is 0 Å². The number of anilines is 1. The van der Waals surface area contributed by atoms with Crippen molar-refractivity contribution in [2.45, 2.75) is 30.7 Å². The van der Waals surface area contributed by atoms with Gasteiger partial charge in [0.25, 0.3) is 0 Å². The van der Waals surface area contributed by atoms with Gasteiger partial charge in [-0.15, -0.1) is 11.3 Å². The van der Waals surface area contributed by atoms with Crippen molar-refractivity contribution in [1.29, 1.82) is 0 Å². The number of thioether (sulfide) groups is 1. The summed E-state index contributed by atoms with van der Waals surface area (Å²) in [6, 6.07) is 5.00. The Bertz CT molecular complexity index is 1050. The number of benzene rings is 1. The summed E-state index contributed by atoms with van der Waals surface area (Å²) in [5, 5.41) is 6.34. The summed E-state index contributed by atoms with van der Waals surface area (Å²) in [4.78, 5) is 35.1. The van der Waals surface area contributed by atoms with Crippen LogP contribution in [0, 0.1) is 5.82 Å². The van der Waals surface area contributed by atoms with Gasteiger partial charge in [-0.1, -0.05) is 23.9 Å². The third-order valence-corrected chi connectivity index (χ3v) is 6.62. The zero-order valence-electron chi connectivity index (χ0n) is 14.8.